The van der Waals surface area contributed by atoms with E-state index in [9.17, 15) is 24.3 Å². The number of hydrogen-bond acceptors (Lipinski definition) is 6. The van der Waals surface area contributed by atoms with Crippen LogP contribution in [0.5, 0.6) is 0 Å². The highest BCUT2D eigenvalue weighted by Gasteiger charge is 2.23. The average Bonchev–Trinajstić information content (AvgIpc) is 2.63. The Morgan fingerprint density at radius 1 is 1.14 bits per heavy atom. The molecule has 2 atom stereocenters. The summed E-state index contributed by atoms with van der Waals surface area (Å²) in [4.78, 5) is 46.7. The van der Waals surface area contributed by atoms with Gasteiger partial charge in [-0.05, 0) is 26.3 Å². The highest BCUT2D eigenvalue weighted by atomic mass is 16.6. The average molecular weight is 392 g/mol. The molecule has 0 saturated carbocycles. The van der Waals surface area contributed by atoms with Crippen LogP contribution in [0.15, 0.2) is 30.3 Å². The van der Waals surface area contributed by atoms with Crippen LogP contribution in [0.3, 0.4) is 0 Å². The van der Waals surface area contributed by atoms with Gasteiger partial charge in [-0.1, -0.05) is 30.3 Å². The fourth-order valence-electron chi connectivity index (χ4n) is 2.15. The van der Waals surface area contributed by atoms with Gasteiger partial charge in [-0.2, -0.15) is 0 Å². The molecule has 0 aliphatic carbocycles. The quantitative estimate of drug-likeness (QED) is 0.461. The molecule has 0 aliphatic heterocycles. The Hall–Kier alpha value is -2.94. The summed E-state index contributed by atoms with van der Waals surface area (Å²) in [7, 11) is 0. The Bertz CT molecular complexity index is 672. The first-order chi connectivity index (χ1) is 13.1. The molecule has 1 radical (unpaired) electrons. The number of benzene rings is 1. The fraction of sp³-hybridized carbons (Fsp3) is 0.474. The summed E-state index contributed by atoms with van der Waals surface area (Å²) in [5.41, 5.74) is 0.106. The van der Waals surface area contributed by atoms with Crippen LogP contribution in [0.2, 0.25) is 0 Å². The lowest BCUT2D eigenvalue weighted by Gasteiger charge is -2.21. The second-order valence-corrected chi connectivity index (χ2v) is 7.03. The van der Waals surface area contributed by atoms with E-state index in [1.807, 2.05) is 6.07 Å². The summed E-state index contributed by atoms with van der Waals surface area (Å²) in [6, 6.07) is 6.81. The number of aliphatic hydroxyl groups is 1. The second-order valence-electron chi connectivity index (χ2n) is 7.03. The zero-order valence-electron chi connectivity index (χ0n) is 16.2. The van der Waals surface area contributed by atoms with Crippen LogP contribution in [-0.2, 0) is 25.5 Å². The van der Waals surface area contributed by atoms with Gasteiger partial charge in [0.2, 0.25) is 18.1 Å². The first-order valence-corrected chi connectivity index (χ1v) is 8.73. The fourth-order valence-corrected chi connectivity index (χ4v) is 2.15. The van der Waals surface area contributed by atoms with Crippen LogP contribution >= 0.6 is 0 Å². The topological polar surface area (TPSA) is 134 Å². The molecule has 4 N–H and O–H groups in total. The first-order valence-electron chi connectivity index (χ1n) is 8.73. The minimum Gasteiger partial charge on any atom is -0.444 e. The third kappa shape index (κ3) is 9.13. The van der Waals surface area contributed by atoms with Gasteiger partial charge in [0.15, 0.2) is 0 Å². The van der Waals surface area contributed by atoms with Crippen LogP contribution in [0.4, 0.5) is 4.79 Å². The number of amides is 3. The van der Waals surface area contributed by atoms with E-state index in [1.54, 1.807) is 51.3 Å². The van der Waals surface area contributed by atoms with Crippen molar-refractivity contribution in [2.45, 2.75) is 44.9 Å². The van der Waals surface area contributed by atoms with Crippen molar-refractivity contribution in [3.05, 3.63) is 35.9 Å². The van der Waals surface area contributed by atoms with E-state index in [0.29, 0.717) is 0 Å². The lowest BCUT2D eigenvalue weighted by Crippen LogP contribution is -2.54. The van der Waals surface area contributed by atoms with Gasteiger partial charge in [0.1, 0.15) is 18.2 Å². The maximum atomic E-state index is 12.2. The van der Waals surface area contributed by atoms with Crippen molar-refractivity contribution in [2.75, 3.05) is 13.2 Å². The molecule has 0 heterocycles. The minimum absolute atomic E-state index is 0.225. The van der Waals surface area contributed by atoms with E-state index in [4.69, 9.17) is 4.74 Å². The Labute approximate surface area is 163 Å². The van der Waals surface area contributed by atoms with Crippen LogP contribution < -0.4 is 16.0 Å². The minimum atomic E-state index is -1.28. The molecule has 0 saturated heterocycles. The SMILES string of the molecule is CC(C)(C)OC(=O)NCC(=O)NC(CO)C(=O)NC([C]=O)Cc1ccccc1. The van der Waals surface area contributed by atoms with Gasteiger partial charge >= 0.3 is 6.09 Å². The van der Waals surface area contributed by atoms with Crippen molar-refractivity contribution < 1.29 is 29.0 Å². The predicted molar refractivity (Wildman–Crippen MR) is 101 cm³/mol. The molecular formula is C19H26N3O6. The summed E-state index contributed by atoms with van der Waals surface area (Å²) in [5.74, 6) is -1.44. The molecule has 28 heavy (non-hydrogen) atoms. The van der Waals surface area contributed by atoms with E-state index in [-0.39, 0.29) is 6.42 Å². The highest BCUT2D eigenvalue weighted by molar-refractivity contribution is 5.90. The van der Waals surface area contributed by atoms with Crippen LogP contribution in [0.25, 0.3) is 0 Å². The molecule has 0 aliphatic rings. The molecule has 0 spiro atoms. The summed E-state index contributed by atoms with van der Waals surface area (Å²) < 4.78 is 4.99. The van der Waals surface area contributed by atoms with E-state index in [1.165, 1.54) is 0 Å². The Balaban J connectivity index is 2.51. The third-order valence-corrected chi connectivity index (χ3v) is 3.37. The maximum absolute atomic E-state index is 12.2. The summed E-state index contributed by atoms with van der Waals surface area (Å²) in [6.07, 6.45) is 1.16. The molecule has 1 rings (SSSR count). The molecule has 0 fully saturated rings. The van der Waals surface area contributed by atoms with Gasteiger partial charge in [-0.15, -0.1) is 0 Å². The van der Waals surface area contributed by atoms with Crippen molar-refractivity contribution in [1.29, 1.82) is 0 Å². The van der Waals surface area contributed by atoms with Gasteiger partial charge in [-0.25, -0.2) is 4.79 Å². The van der Waals surface area contributed by atoms with Crippen LogP contribution in [-0.4, -0.2) is 60.1 Å². The molecule has 3 amide bonds. The Morgan fingerprint density at radius 3 is 2.32 bits per heavy atom. The standard InChI is InChI=1S/C19H26N3O6/c1-19(2,3)28-18(27)20-10-16(25)22-15(12-24)17(26)21-14(11-23)9-13-7-5-4-6-8-13/h4-8,14-15,24H,9-10,12H2,1-3H3,(H,20,27)(H,21,26)(H,22,25). The molecule has 1 aromatic carbocycles. The van der Waals surface area contributed by atoms with Gasteiger partial charge in [0.05, 0.1) is 12.6 Å². The zero-order valence-corrected chi connectivity index (χ0v) is 16.2. The number of nitrogens with one attached hydrogen (secondary N) is 3. The highest BCUT2D eigenvalue weighted by Crippen LogP contribution is 2.06. The van der Waals surface area contributed by atoms with E-state index < -0.39 is 48.7 Å². The van der Waals surface area contributed by atoms with Crippen molar-refractivity contribution in [3.8, 4) is 0 Å². The Morgan fingerprint density at radius 2 is 1.79 bits per heavy atom. The van der Waals surface area contributed by atoms with Gasteiger partial charge in [0.25, 0.3) is 0 Å². The van der Waals surface area contributed by atoms with Gasteiger partial charge < -0.3 is 25.8 Å². The number of ether oxygens (including phenoxy) is 1. The van der Waals surface area contributed by atoms with Crippen molar-refractivity contribution in [1.82, 2.24) is 16.0 Å². The first kappa shape index (κ1) is 23.1. The van der Waals surface area contributed by atoms with E-state index in [0.717, 1.165) is 5.56 Å². The molecule has 1 aromatic rings. The van der Waals surface area contributed by atoms with Gasteiger partial charge in [0, 0.05) is 6.42 Å². The zero-order chi connectivity index (χ0) is 21.2. The number of hydrogen-bond donors (Lipinski definition) is 4. The maximum Gasteiger partial charge on any atom is 0.408 e. The molecule has 0 aromatic heterocycles. The van der Waals surface area contributed by atoms with Crippen molar-refractivity contribution in [2.24, 2.45) is 0 Å². The molecule has 0 bridgehead atoms. The van der Waals surface area contributed by atoms with E-state index >= 15 is 0 Å². The van der Waals surface area contributed by atoms with Crippen LogP contribution in [0, 0.1) is 0 Å². The summed E-state index contributed by atoms with van der Waals surface area (Å²) >= 11 is 0. The molecular weight excluding hydrogens is 366 g/mol. The Kier molecular flexibility index (Phi) is 9.10. The van der Waals surface area contributed by atoms with Crippen molar-refractivity contribution in [3.63, 3.8) is 0 Å². The van der Waals surface area contributed by atoms with E-state index in [2.05, 4.69) is 16.0 Å². The lowest BCUT2D eigenvalue weighted by molar-refractivity contribution is -0.129. The molecule has 2 unspecified atom stereocenters. The smallest absolute Gasteiger partial charge is 0.408 e. The monoisotopic (exact) mass is 392 g/mol. The number of aliphatic hydroxyl groups excluding tert-OH is 1. The largest absolute Gasteiger partial charge is 0.444 e. The second kappa shape index (κ2) is 11.0. The molecule has 9 nitrogen and oxygen atoms in total. The number of carbonyl (C=O) groups is 3. The molecule has 153 valence electrons. The predicted octanol–water partition coefficient (Wildman–Crippen LogP) is -0.175. The van der Waals surface area contributed by atoms with Crippen LogP contribution in [0.1, 0.15) is 26.3 Å². The third-order valence-electron chi connectivity index (χ3n) is 3.37. The lowest BCUT2D eigenvalue weighted by atomic mass is 10.1. The summed E-state index contributed by atoms with van der Waals surface area (Å²) in [6.45, 7) is 3.91. The normalized spacial score (nSPS) is 13.0. The summed E-state index contributed by atoms with van der Waals surface area (Å²) in [5, 5.41) is 16.3. The number of rotatable bonds is 9. The number of alkyl carbamates (subject to hydrolysis) is 1. The van der Waals surface area contributed by atoms with Gasteiger partial charge in [-0.3, -0.25) is 14.4 Å². The number of carbonyl (C=O) groups excluding carboxylic acids is 4. The molecule has 9 heteroatoms. The van der Waals surface area contributed by atoms with Crippen molar-refractivity contribution >= 4 is 24.2 Å².